The molecule has 0 amide bonds. The summed E-state index contributed by atoms with van der Waals surface area (Å²) in [4.78, 5) is 31.3. The summed E-state index contributed by atoms with van der Waals surface area (Å²) in [7, 11) is 0. The van der Waals surface area contributed by atoms with Crippen LogP contribution in [0, 0.1) is 0 Å². The van der Waals surface area contributed by atoms with Crippen LogP contribution in [0.4, 0.5) is 0 Å². The number of benzene rings is 2. The molecule has 0 saturated carbocycles. The van der Waals surface area contributed by atoms with E-state index in [0.29, 0.717) is 31.2 Å². The van der Waals surface area contributed by atoms with Gasteiger partial charge in [0.05, 0.1) is 33.5 Å². The van der Waals surface area contributed by atoms with Crippen LogP contribution < -0.4 is 14.9 Å². The van der Waals surface area contributed by atoms with E-state index in [-0.39, 0.29) is 22.9 Å². The van der Waals surface area contributed by atoms with Gasteiger partial charge in [-0.3, -0.25) is 9.36 Å². The molecule has 4 rings (SSSR count). The molecular formula is C23H17BrCl2N2O4S. The number of phenols is 1. The van der Waals surface area contributed by atoms with Crippen molar-refractivity contribution in [2.24, 2.45) is 4.99 Å². The number of rotatable bonds is 4. The Morgan fingerprint density at radius 1 is 1.30 bits per heavy atom. The van der Waals surface area contributed by atoms with Crippen molar-refractivity contribution in [2.75, 3.05) is 6.61 Å². The summed E-state index contributed by atoms with van der Waals surface area (Å²) in [6.45, 7) is 3.64. The van der Waals surface area contributed by atoms with Crippen molar-refractivity contribution in [2.45, 2.75) is 19.9 Å². The Hall–Kier alpha value is -2.39. The van der Waals surface area contributed by atoms with E-state index in [2.05, 4.69) is 20.9 Å². The molecule has 0 saturated heterocycles. The molecule has 1 N–H and O–H groups in total. The van der Waals surface area contributed by atoms with Crippen LogP contribution in [-0.4, -0.2) is 22.2 Å². The Bertz CT molecular complexity index is 1480. The average Bonchev–Trinajstić information content (AvgIpc) is 3.06. The predicted molar refractivity (Wildman–Crippen MR) is 133 cm³/mol. The van der Waals surface area contributed by atoms with Gasteiger partial charge in [-0.2, -0.15) is 0 Å². The van der Waals surface area contributed by atoms with Gasteiger partial charge in [-0.1, -0.05) is 62.6 Å². The molecule has 0 bridgehead atoms. The number of hydrogen-bond donors (Lipinski definition) is 1. The number of allylic oxidation sites excluding steroid dienone is 1. The van der Waals surface area contributed by atoms with Gasteiger partial charge in [0.15, 0.2) is 4.80 Å². The second kappa shape index (κ2) is 9.46. The SMILES string of the molecule is CCOC(=O)C1=C(C)N=c2s/c(=C/c3cc(Cl)cc(Cl)c3O)c(=O)n2C1c1ccc(Br)cc1. The number of phenolic OH excluding ortho intramolecular Hbond substituents is 1. The molecule has 3 aromatic rings. The normalized spacial score (nSPS) is 15.9. The topological polar surface area (TPSA) is 80.9 Å². The standard InChI is InChI=1S/C23H17BrCl2N2O4S/c1-3-32-22(31)18-11(2)27-23-28(19(18)12-4-6-14(24)7-5-12)21(30)17(33-23)9-13-8-15(25)10-16(26)20(13)29/h4-10,19,29H,3H2,1-2H3/b17-9+. The molecule has 0 aliphatic carbocycles. The summed E-state index contributed by atoms with van der Waals surface area (Å²) in [6.07, 6.45) is 1.51. The number of aromatic nitrogens is 1. The third kappa shape index (κ3) is 4.53. The molecule has 170 valence electrons. The zero-order chi connectivity index (χ0) is 23.9. The molecule has 1 atom stereocenters. The van der Waals surface area contributed by atoms with Gasteiger partial charge in [0.25, 0.3) is 5.56 Å². The largest absolute Gasteiger partial charge is 0.506 e. The van der Waals surface area contributed by atoms with E-state index in [4.69, 9.17) is 27.9 Å². The summed E-state index contributed by atoms with van der Waals surface area (Å²) in [5.41, 5.74) is 1.45. The van der Waals surface area contributed by atoms with Crippen LogP contribution in [0.5, 0.6) is 5.75 Å². The van der Waals surface area contributed by atoms with Gasteiger partial charge in [0, 0.05) is 15.1 Å². The molecule has 0 radical (unpaired) electrons. The summed E-state index contributed by atoms with van der Waals surface area (Å²) in [5.74, 6) is -0.708. The van der Waals surface area contributed by atoms with E-state index < -0.39 is 12.0 Å². The highest BCUT2D eigenvalue weighted by Crippen LogP contribution is 2.33. The van der Waals surface area contributed by atoms with Gasteiger partial charge >= 0.3 is 5.97 Å². The number of carbonyl (C=O) groups is 1. The highest BCUT2D eigenvalue weighted by atomic mass is 79.9. The number of nitrogens with zero attached hydrogens (tertiary/aromatic N) is 2. The Balaban J connectivity index is 1.98. The molecule has 33 heavy (non-hydrogen) atoms. The number of carbonyl (C=O) groups excluding carboxylic acids is 1. The van der Waals surface area contributed by atoms with Crippen molar-refractivity contribution in [1.29, 1.82) is 0 Å². The minimum atomic E-state index is -0.716. The van der Waals surface area contributed by atoms with Crippen LogP contribution in [0.2, 0.25) is 10.0 Å². The van der Waals surface area contributed by atoms with Gasteiger partial charge in [-0.25, -0.2) is 9.79 Å². The van der Waals surface area contributed by atoms with E-state index in [1.807, 2.05) is 24.3 Å². The molecule has 1 aliphatic heterocycles. The van der Waals surface area contributed by atoms with Crippen molar-refractivity contribution in [1.82, 2.24) is 4.57 Å². The zero-order valence-corrected chi connectivity index (χ0v) is 21.3. The summed E-state index contributed by atoms with van der Waals surface area (Å²) in [5, 5.41) is 10.7. The molecule has 2 aromatic carbocycles. The number of ether oxygens (including phenoxy) is 1. The Kier molecular flexibility index (Phi) is 6.81. The van der Waals surface area contributed by atoms with Crippen molar-refractivity contribution >= 4 is 62.5 Å². The van der Waals surface area contributed by atoms with Gasteiger partial charge in [-0.05, 0) is 49.8 Å². The quantitative estimate of drug-likeness (QED) is 0.468. The summed E-state index contributed by atoms with van der Waals surface area (Å²) < 4.78 is 7.93. The molecule has 1 aromatic heterocycles. The Labute approximate surface area is 211 Å². The summed E-state index contributed by atoms with van der Waals surface area (Å²) >= 11 is 16.7. The Morgan fingerprint density at radius 2 is 2.00 bits per heavy atom. The predicted octanol–water partition coefficient (Wildman–Crippen LogP) is 4.57. The smallest absolute Gasteiger partial charge is 0.338 e. The van der Waals surface area contributed by atoms with Crippen molar-refractivity contribution in [3.63, 3.8) is 0 Å². The van der Waals surface area contributed by atoms with E-state index in [9.17, 15) is 14.7 Å². The van der Waals surface area contributed by atoms with Crippen LogP contribution in [0.3, 0.4) is 0 Å². The van der Waals surface area contributed by atoms with Gasteiger partial charge in [0.2, 0.25) is 0 Å². The molecule has 6 nitrogen and oxygen atoms in total. The van der Waals surface area contributed by atoms with Crippen LogP contribution >= 0.6 is 50.5 Å². The van der Waals surface area contributed by atoms with Crippen LogP contribution in [0.15, 0.2) is 61.9 Å². The number of thiazole rings is 1. The average molecular weight is 568 g/mol. The minimum Gasteiger partial charge on any atom is -0.506 e. The monoisotopic (exact) mass is 566 g/mol. The maximum atomic E-state index is 13.5. The summed E-state index contributed by atoms with van der Waals surface area (Å²) in [6, 6.07) is 9.58. The fourth-order valence-corrected chi connectivity index (χ4v) is 5.40. The van der Waals surface area contributed by atoms with Crippen LogP contribution in [0.1, 0.15) is 31.0 Å². The molecule has 2 heterocycles. The second-order valence-electron chi connectivity index (χ2n) is 7.18. The van der Waals surface area contributed by atoms with Gasteiger partial charge in [-0.15, -0.1) is 0 Å². The lowest BCUT2D eigenvalue weighted by Crippen LogP contribution is -2.39. The first-order valence-corrected chi connectivity index (χ1v) is 12.2. The third-order valence-corrected chi connectivity index (χ3v) is 7.06. The second-order valence-corrected chi connectivity index (χ2v) is 9.95. The number of halogens is 3. The number of esters is 1. The Morgan fingerprint density at radius 3 is 2.67 bits per heavy atom. The molecule has 1 aliphatic rings. The molecule has 0 fully saturated rings. The van der Waals surface area contributed by atoms with Crippen molar-refractivity contribution in [3.05, 3.63) is 93.0 Å². The van der Waals surface area contributed by atoms with Gasteiger partial charge in [0.1, 0.15) is 5.75 Å². The van der Waals surface area contributed by atoms with Crippen molar-refractivity contribution in [3.8, 4) is 5.75 Å². The first kappa shape index (κ1) is 23.8. The van der Waals surface area contributed by atoms with Crippen molar-refractivity contribution < 1.29 is 14.6 Å². The fraction of sp³-hybridized carbons (Fsp3) is 0.174. The van der Waals surface area contributed by atoms with Crippen LogP contribution in [-0.2, 0) is 9.53 Å². The first-order valence-electron chi connectivity index (χ1n) is 9.84. The first-order chi connectivity index (χ1) is 15.7. The maximum Gasteiger partial charge on any atom is 0.338 e. The number of fused-ring (bicyclic) bond motifs is 1. The highest BCUT2D eigenvalue weighted by Gasteiger charge is 2.33. The fourth-order valence-electron chi connectivity index (χ4n) is 3.59. The number of hydrogen-bond acceptors (Lipinski definition) is 6. The minimum absolute atomic E-state index is 0.0784. The maximum absolute atomic E-state index is 13.5. The lowest BCUT2D eigenvalue weighted by molar-refractivity contribution is -0.139. The lowest BCUT2D eigenvalue weighted by atomic mass is 9.96. The zero-order valence-electron chi connectivity index (χ0n) is 17.4. The highest BCUT2D eigenvalue weighted by molar-refractivity contribution is 9.10. The van der Waals surface area contributed by atoms with E-state index in [1.54, 1.807) is 13.8 Å². The molecule has 10 heteroatoms. The lowest BCUT2D eigenvalue weighted by Gasteiger charge is -2.24. The molecular weight excluding hydrogens is 551 g/mol. The van der Waals surface area contributed by atoms with E-state index >= 15 is 0 Å². The van der Waals surface area contributed by atoms with E-state index in [0.717, 1.165) is 21.4 Å². The number of aromatic hydroxyl groups is 1. The van der Waals surface area contributed by atoms with Gasteiger partial charge < -0.3 is 9.84 Å². The third-order valence-electron chi connectivity index (χ3n) is 5.05. The molecule has 1 unspecified atom stereocenters. The van der Waals surface area contributed by atoms with Crippen LogP contribution in [0.25, 0.3) is 6.08 Å². The van der Waals surface area contributed by atoms with E-state index in [1.165, 1.54) is 22.8 Å². The molecule has 0 spiro atoms.